The van der Waals surface area contributed by atoms with Crippen LogP contribution < -0.4 is 20.4 Å². The predicted octanol–water partition coefficient (Wildman–Crippen LogP) is 1.66. The Balaban J connectivity index is 1.33. The van der Waals surface area contributed by atoms with Crippen molar-refractivity contribution in [2.75, 3.05) is 44.7 Å². The largest absolute Gasteiger partial charge is 0.497 e. The van der Waals surface area contributed by atoms with E-state index < -0.39 is 29.2 Å². The summed E-state index contributed by atoms with van der Waals surface area (Å²) >= 11 is 0. The summed E-state index contributed by atoms with van der Waals surface area (Å²) in [6, 6.07) is 10.5. The smallest absolute Gasteiger partial charge is 0.344 e. The van der Waals surface area contributed by atoms with E-state index in [1.807, 2.05) is 9.80 Å². The highest BCUT2D eigenvalue weighted by atomic mass is 19.1. The van der Waals surface area contributed by atoms with Crippen molar-refractivity contribution in [3.8, 4) is 5.75 Å². The van der Waals surface area contributed by atoms with Gasteiger partial charge in [-0.2, -0.15) is 5.01 Å². The molecule has 2 fully saturated rings. The number of ketones is 1. The number of carbonyl (C=O) groups is 4. The maximum Gasteiger partial charge on any atom is 0.344 e. The van der Waals surface area contributed by atoms with E-state index in [0.717, 1.165) is 0 Å². The summed E-state index contributed by atoms with van der Waals surface area (Å²) in [5, 5.41) is 3.34. The number of carbonyl (C=O) groups excluding carboxylic acids is 4. The first kappa shape index (κ1) is 25.1. The van der Waals surface area contributed by atoms with Crippen molar-refractivity contribution in [3.05, 3.63) is 59.4 Å². The van der Waals surface area contributed by atoms with E-state index in [1.54, 1.807) is 43.3 Å². The second kappa shape index (κ2) is 9.94. The van der Waals surface area contributed by atoms with Gasteiger partial charge in [-0.05, 0) is 49.7 Å². The molecule has 2 aromatic carbocycles. The summed E-state index contributed by atoms with van der Waals surface area (Å²) in [6.45, 7) is 4.81. The van der Waals surface area contributed by atoms with Gasteiger partial charge in [-0.3, -0.25) is 24.7 Å². The van der Waals surface area contributed by atoms with Crippen LogP contribution in [0, 0.1) is 5.82 Å². The molecular formula is C25H28FN5O5. The van der Waals surface area contributed by atoms with Crippen LogP contribution in [0.25, 0.3) is 0 Å². The van der Waals surface area contributed by atoms with Crippen LogP contribution in [0.3, 0.4) is 0 Å². The molecule has 0 bridgehead atoms. The summed E-state index contributed by atoms with van der Waals surface area (Å²) in [5.41, 5.74) is 2.29. The van der Waals surface area contributed by atoms with Crippen LogP contribution in [0.2, 0.25) is 0 Å². The highest BCUT2D eigenvalue weighted by Crippen LogP contribution is 2.30. The molecule has 0 aliphatic carbocycles. The van der Waals surface area contributed by atoms with Gasteiger partial charge in [0, 0.05) is 31.7 Å². The maximum absolute atomic E-state index is 14.5. The average Bonchev–Trinajstić information content (AvgIpc) is 3.08. The Morgan fingerprint density at radius 3 is 2.47 bits per heavy atom. The predicted molar refractivity (Wildman–Crippen MR) is 129 cm³/mol. The Morgan fingerprint density at radius 1 is 1.11 bits per heavy atom. The van der Waals surface area contributed by atoms with E-state index in [2.05, 4.69) is 10.7 Å². The third kappa shape index (κ3) is 4.87. The van der Waals surface area contributed by atoms with E-state index in [9.17, 15) is 23.6 Å². The third-order valence-electron chi connectivity index (χ3n) is 6.51. The van der Waals surface area contributed by atoms with E-state index in [0.29, 0.717) is 53.8 Å². The van der Waals surface area contributed by atoms with Gasteiger partial charge in [-0.15, -0.1) is 0 Å². The van der Waals surface area contributed by atoms with Gasteiger partial charge in [0.1, 0.15) is 17.1 Å². The van der Waals surface area contributed by atoms with Crippen LogP contribution in [0.4, 0.5) is 14.9 Å². The standard InChI is InChI=1S/C25H28FN5O5/c1-16(32)17-7-8-21(20(26)13-17)30-11-9-29(10-12-30)15-22(33)28-31-23(34)25(2,27-24(31)35)18-5-4-6-19(14-18)36-3/h4-8,13-14H,9-12,15H2,1-3H3,(H,27,35)(H,28,33). The zero-order valence-corrected chi connectivity index (χ0v) is 20.3. The van der Waals surface area contributed by atoms with Crippen molar-refractivity contribution in [1.29, 1.82) is 0 Å². The zero-order valence-electron chi connectivity index (χ0n) is 20.3. The number of imide groups is 1. The number of halogens is 1. The van der Waals surface area contributed by atoms with Gasteiger partial charge in [0.05, 0.1) is 19.3 Å². The van der Waals surface area contributed by atoms with Gasteiger partial charge in [-0.1, -0.05) is 12.1 Å². The summed E-state index contributed by atoms with van der Waals surface area (Å²) in [6.07, 6.45) is 0. The molecule has 0 aromatic heterocycles. The number of anilines is 1. The Bertz CT molecular complexity index is 1210. The molecule has 4 amide bonds. The maximum atomic E-state index is 14.5. The fourth-order valence-corrected chi connectivity index (χ4v) is 4.36. The number of hydrazine groups is 1. The first-order valence-corrected chi connectivity index (χ1v) is 11.5. The normalized spacial score (nSPS) is 20.3. The minimum absolute atomic E-state index is 0.0352. The van der Waals surface area contributed by atoms with E-state index in [1.165, 1.54) is 20.1 Å². The van der Waals surface area contributed by atoms with Crippen LogP contribution in [0.5, 0.6) is 5.75 Å². The number of hydrogen-bond donors (Lipinski definition) is 2. The number of hydrogen-bond acceptors (Lipinski definition) is 7. The molecule has 0 saturated carbocycles. The highest BCUT2D eigenvalue weighted by Gasteiger charge is 2.50. The van der Waals surface area contributed by atoms with Crippen LogP contribution in [0.1, 0.15) is 29.8 Å². The van der Waals surface area contributed by atoms with Crippen LogP contribution in [-0.2, 0) is 15.1 Å². The number of ether oxygens (including phenoxy) is 1. The molecule has 2 N–H and O–H groups in total. The van der Waals surface area contributed by atoms with Gasteiger partial charge >= 0.3 is 6.03 Å². The number of rotatable bonds is 7. The fraction of sp³-hybridized carbons (Fsp3) is 0.360. The molecule has 36 heavy (non-hydrogen) atoms. The molecule has 1 unspecified atom stereocenters. The van der Waals surface area contributed by atoms with Gasteiger partial charge < -0.3 is 15.0 Å². The molecule has 2 heterocycles. The first-order valence-electron chi connectivity index (χ1n) is 11.5. The van der Waals surface area contributed by atoms with Gasteiger partial charge in [0.2, 0.25) is 0 Å². The molecule has 2 aliphatic heterocycles. The minimum Gasteiger partial charge on any atom is -0.497 e. The summed E-state index contributed by atoms with van der Waals surface area (Å²) < 4.78 is 19.7. The summed E-state index contributed by atoms with van der Waals surface area (Å²) in [5.74, 6) is -1.26. The number of Topliss-reactive ketones (excluding diaryl/α,β-unsaturated/α-hetero) is 1. The Hall–Kier alpha value is -3.99. The van der Waals surface area contributed by atoms with E-state index in [4.69, 9.17) is 4.74 Å². The molecule has 2 aliphatic rings. The van der Waals surface area contributed by atoms with Crippen molar-refractivity contribution >= 4 is 29.3 Å². The lowest BCUT2D eigenvalue weighted by molar-refractivity contribution is -0.139. The minimum atomic E-state index is -1.35. The molecule has 0 spiro atoms. The molecule has 4 rings (SSSR count). The van der Waals surface area contributed by atoms with Gasteiger partial charge in [-0.25, -0.2) is 9.18 Å². The van der Waals surface area contributed by atoms with Gasteiger partial charge in [0.15, 0.2) is 5.78 Å². The number of urea groups is 1. The SMILES string of the molecule is COc1cccc(C2(C)NC(=O)N(NC(=O)CN3CCN(c4ccc(C(C)=O)cc4F)CC3)C2=O)c1. The Labute approximate surface area is 207 Å². The summed E-state index contributed by atoms with van der Waals surface area (Å²) in [4.78, 5) is 53.4. The lowest BCUT2D eigenvalue weighted by atomic mass is 9.92. The number of amides is 4. The number of piperazine rings is 1. The molecule has 11 heteroatoms. The summed E-state index contributed by atoms with van der Waals surface area (Å²) in [7, 11) is 1.50. The second-order valence-corrected chi connectivity index (χ2v) is 8.95. The topological polar surface area (TPSA) is 111 Å². The third-order valence-corrected chi connectivity index (χ3v) is 6.51. The Morgan fingerprint density at radius 2 is 1.83 bits per heavy atom. The van der Waals surface area contributed by atoms with Crippen molar-refractivity contribution in [2.24, 2.45) is 0 Å². The van der Waals surface area contributed by atoms with E-state index in [-0.39, 0.29) is 12.3 Å². The van der Waals surface area contributed by atoms with Crippen molar-refractivity contribution in [3.63, 3.8) is 0 Å². The average molecular weight is 498 g/mol. The molecule has 1 atom stereocenters. The Kier molecular flexibility index (Phi) is 6.93. The monoisotopic (exact) mass is 497 g/mol. The lowest BCUT2D eigenvalue weighted by Gasteiger charge is -2.36. The highest BCUT2D eigenvalue weighted by molar-refractivity contribution is 6.08. The van der Waals surface area contributed by atoms with Crippen molar-refractivity contribution in [1.82, 2.24) is 20.7 Å². The molecule has 10 nitrogen and oxygen atoms in total. The second-order valence-electron chi connectivity index (χ2n) is 8.95. The molecule has 190 valence electrons. The van der Waals surface area contributed by atoms with Crippen molar-refractivity contribution < 1.29 is 28.3 Å². The first-order chi connectivity index (χ1) is 17.1. The number of benzene rings is 2. The number of nitrogens with one attached hydrogen (secondary N) is 2. The number of nitrogens with zero attached hydrogens (tertiary/aromatic N) is 3. The van der Waals surface area contributed by atoms with Crippen LogP contribution in [0.15, 0.2) is 42.5 Å². The number of methoxy groups -OCH3 is 1. The zero-order chi connectivity index (χ0) is 26.0. The lowest BCUT2D eigenvalue weighted by Crippen LogP contribution is -2.53. The van der Waals surface area contributed by atoms with Crippen LogP contribution in [-0.4, -0.2) is 73.4 Å². The van der Waals surface area contributed by atoms with E-state index >= 15 is 0 Å². The van der Waals surface area contributed by atoms with Crippen molar-refractivity contribution in [2.45, 2.75) is 19.4 Å². The van der Waals surface area contributed by atoms with Gasteiger partial charge in [0.25, 0.3) is 11.8 Å². The quantitative estimate of drug-likeness (QED) is 0.442. The molecular weight excluding hydrogens is 469 g/mol. The molecule has 2 aromatic rings. The molecule has 2 saturated heterocycles. The van der Waals surface area contributed by atoms with Crippen LogP contribution >= 0.6 is 0 Å². The fourth-order valence-electron chi connectivity index (χ4n) is 4.36. The molecule has 0 radical (unpaired) electrons.